The molecule has 0 unspecified atom stereocenters. The largest absolute Gasteiger partial charge is 0.370 e. The number of ether oxygens (including phenoxy) is 1. The van der Waals surface area contributed by atoms with Crippen LogP contribution in [-0.4, -0.2) is 17.1 Å². The Morgan fingerprint density at radius 3 is 2.25 bits per heavy atom. The van der Waals surface area contributed by atoms with Crippen LogP contribution in [0.3, 0.4) is 0 Å². The predicted molar refractivity (Wildman–Crippen MR) is 84.6 cm³/mol. The monoisotopic (exact) mass is 294 g/mol. The number of aryl methyl sites for hydroxylation is 1. The van der Waals surface area contributed by atoms with E-state index in [0.29, 0.717) is 5.92 Å². The van der Waals surface area contributed by atoms with Crippen LogP contribution in [0.25, 0.3) is 0 Å². The Hall–Kier alpha value is -0.740. The smallest absolute Gasteiger partial charge is 0.140 e. The third-order valence-electron chi connectivity index (χ3n) is 4.46. The third-order valence-corrected chi connectivity index (χ3v) is 4.78. The van der Waals surface area contributed by atoms with Gasteiger partial charge >= 0.3 is 0 Å². The lowest BCUT2D eigenvalue weighted by Crippen LogP contribution is -2.31. The van der Waals surface area contributed by atoms with Gasteiger partial charge in [0.05, 0.1) is 0 Å². The summed E-state index contributed by atoms with van der Waals surface area (Å²) in [5.41, 5.74) is 2.02. The normalized spacial score (nSPS) is 19.1. The highest BCUT2D eigenvalue weighted by Gasteiger charge is 2.35. The number of nitrogens with zero attached hydrogens (tertiary/aromatic N) is 1. The van der Waals surface area contributed by atoms with E-state index >= 15 is 0 Å². The first-order valence-electron chi connectivity index (χ1n) is 7.66. The van der Waals surface area contributed by atoms with Crippen LogP contribution in [0.4, 0.5) is 0 Å². The quantitative estimate of drug-likeness (QED) is 0.644. The number of aromatic amines is 1. The molecule has 0 bridgehead atoms. The van der Waals surface area contributed by atoms with Gasteiger partial charge in [0.1, 0.15) is 16.1 Å². The number of H-pyrrole nitrogens is 1. The maximum Gasteiger partial charge on any atom is 0.140 e. The van der Waals surface area contributed by atoms with Crippen LogP contribution in [0.5, 0.6) is 0 Å². The summed E-state index contributed by atoms with van der Waals surface area (Å²) in [6.45, 7) is 6.41. The predicted octanol–water partition coefficient (Wildman–Crippen LogP) is 4.77. The summed E-state index contributed by atoms with van der Waals surface area (Å²) in [6.07, 6.45) is 7.02. The first kappa shape index (κ1) is 15.6. The van der Waals surface area contributed by atoms with Crippen LogP contribution in [0.15, 0.2) is 0 Å². The van der Waals surface area contributed by atoms with E-state index in [1.54, 1.807) is 7.11 Å². The van der Waals surface area contributed by atoms with E-state index in [2.05, 4.69) is 25.8 Å². The van der Waals surface area contributed by atoms with Gasteiger partial charge in [0, 0.05) is 18.4 Å². The van der Waals surface area contributed by atoms with Crippen molar-refractivity contribution in [3.05, 3.63) is 21.7 Å². The fraction of sp³-hybridized carbons (Fsp3) is 0.750. The molecule has 0 aromatic carbocycles. The Morgan fingerprint density at radius 2 is 1.80 bits per heavy atom. The Kier molecular flexibility index (Phi) is 4.97. The van der Waals surface area contributed by atoms with Gasteiger partial charge in [-0.2, -0.15) is 0 Å². The number of hydrogen-bond donors (Lipinski definition) is 1. The highest BCUT2D eigenvalue weighted by atomic mass is 32.1. The van der Waals surface area contributed by atoms with E-state index < -0.39 is 0 Å². The van der Waals surface area contributed by atoms with Crippen LogP contribution in [0.2, 0.25) is 0 Å². The zero-order chi connectivity index (χ0) is 14.8. The highest BCUT2D eigenvalue weighted by Crippen LogP contribution is 2.37. The maximum atomic E-state index is 5.92. The molecule has 1 heterocycles. The summed E-state index contributed by atoms with van der Waals surface area (Å²) < 4.78 is 6.64. The minimum atomic E-state index is -0.273. The van der Waals surface area contributed by atoms with E-state index in [1.807, 2.05) is 0 Å². The SMILES string of the molecule is COC1(c2nc(=S)c(C(C)C)c(C)[nH]2)CCCCCC1. The molecule has 112 valence electrons. The van der Waals surface area contributed by atoms with Crippen LogP contribution >= 0.6 is 12.2 Å². The molecule has 0 amide bonds. The lowest BCUT2D eigenvalue weighted by atomic mass is 9.92. The second kappa shape index (κ2) is 6.35. The number of aromatic nitrogens is 2. The molecule has 1 aliphatic rings. The Morgan fingerprint density at radius 1 is 1.20 bits per heavy atom. The second-order valence-corrected chi connectivity index (χ2v) is 6.58. The Labute approximate surface area is 127 Å². The molecule has 1 fully saturated rings. The molecular weight excluding hydrogens is 268 g/mol. The van der Waals surface area contributed by atoms with Crippen molar-refractivity contribution in [3.8, 4) is 0 Å². The fourth-order valence-corrected chi connectivity index (χ4v) is 3.81. The number of methoxy groups -OCH3 is 1. The van der Waals surface area contributed by atoms with Crippen LogP contribution < -0.4 is 0 Å². The van der Waals surface area contributed by atoms with Gasteiger partial charge < -0.3 is 9.72 Å². The van der Waals surface area contributed by atoms with Gasteiger partial charge in [0.2, 0.25) is 0 Å². The van der Waals surface area contributed by atoms with E-state index in [9.17, 15) is 0 Å². The molecule has 3 nitrogen and oxygen atoms in total. The van der Waals surface area contributed by atoms with Crippen LogP contribution in [0.1, 0.15) is 75.4 Å². The number of nitrogens with one attached hydrogen (secondary N) is 1. The molecule has 1 aromatic heterocycles. The first-order chi connectivity index (χ1) is 9.50. The van der Waals surface area contributed by atoms with Crippen molar-refractivity contribution < 1.29 is 4.74 Å². The van der Waals surface area contributed by atoms with Crippen molar-refractivity contribution in [3.63, 3.8) is 0 Å². The van der Waals surface area contributed by atoms with Crippen molar-refractivity contribution in [1.82, 2.24) is 9.97 Å². The van der Waals surface area contributed by atoms with Gasteiger partial charge in [-0.05, 0) is 25.7 Å². The lowest BCUT2D eigenvalue weighted by Gasteiger charge is -2.31. The van der Waals surface area contributed by atoms with Gasteiger partial charge in [-0.3, -0.25) is 0 Å². The average molecular weight is 294 g/mol. The van der Waals surface area contributed by atoms with Crippen molar-refractivity contribution >= 4 is 12.2 Å². The molecule has 1 saturated carbocycles. The minimum absolute atomic E-state index is 0.273. The summed E-state index contributed by atoms with van der Waals surface area (Å²) in [6, 6.07) is 0. The standard InChI is InChI=1S/C16H26N2OS/c1-11(2)13-12(3)17-15(18-14(13)20)16(19-4)9-7-5-6-8-10-16/h11H,5-10H2,1-4H3,(H,17,18,20). The molecule has 0 saturated heterocycles. The molecule has 0 atom stereocenters. The second-order valence-electron chi connectivity index (χ2n) is 6.20. The molecule has 20 heavy (non-hydrogen) atoms. The average Bonchev–Trinajstić information content (AvgIpc) is 2.63. The summed E-state index contributed by atoms with van der Waals surface area (Å²) >= 11 is 5.52. The summed E-state index contributed by atoms with van der Waals surface area (Å²) in [5, 5.41) is 0. The molecular formula is C16H26N2OS. The van der Waals surface area contributed by atoms with E-state index in [0.717, 1.165) is 34.6 Å². The zero-order valence-electron chi connectivity index (χ0n) is 13.1. The number of rotatable bonds is 3. The summed E-state index contributed by atoms with van der Waals surface area (Å²) in [5.74, 6) is 1.32. The molecule has 4 heteroatoms. The molecule has 2 rings (SSSR count). The van der Waals surface area contributed by atoms with Gasteiger partial charge in [-0.25, -0.2) is 4.98 Å². The topological polar surface area (TPSA) is 37.9 Å². The van der Waals surface area contributed by atoms with Crippen molar-refractivity contribution in [1.29, 1.82) is 0 Å². The third kappa shape index (κ3) is 2.96. The minimum Gasteiger partial charge on any atom is -0.370 e. The summed E-state index contributed by atoms with van der Waals surface area (Å²) in [4.78, 5) is 8.18. The molecule has 0 spiro atoms. The first-order valence-corrected chi connectivity index (χ1v) is 8.07. The molecule has 1 aromatic rings. The van der Waals surface area contributed by atoms with E-state index in [1.165, 1.54) is 25.7 Å². The molecule has 1 aliphatic carbocycles. The van der Waals surface area contributed by atoms with E-state index in [-0.39, 0.29) is 5.60 Å². The molecule has 0 aliphatic heterocycles. The fourth-order valence-electron chi connectivity index (χ4n) is 3.33. The highest BCUT2D eigenvalue weighted by molar-refractivity contribution is 7.71. The van der Waals surface area contributed by atoms with Gasteiger partial charge in [-0.1, -0.05) is 51.7 Å². The van der Waals surface area contributed by atoms with Crippen molar-refractivity contribution in [2.24, 2.45) is 0 Å². The van der Waals surface area contributed by atoms with Gasteiger partial charge in [0.25, 0.3) is 0 Å². The van der Waals surface area contributed by atoms with Gasteiger partial charge in [-0.15, -0.1) is 0 Å². The van der Waals surface area contributed by atoms with Crippen molar-refractivity contribution in [2.45, 2.75) is 70.8 Å². The molecule has 0 radical (unpaired) electrons. The number of hydrogen-bond acceptors (Lipinski definition) is 3. The lowest BCUT2D eigenvalue weighted by molar-refractivity contribution is -0.0354. The maximum absolute atomic E-state index is 5.92. The van der Waals surface area contributed by atoms with E-state index in [4.69, 9.17) is 21.9 Å². The van der Waals surface area contributed by atoms with Crippen LogP contribution in [0, 0.1) is 11.6 Å². The zero-order valence-corrected chi connectivity index (χ0v) is 13.9. The Balaban J connectivity index is 2.48. The molecule has 1 N–H and O–H groups in total. The van der Waals surface area contributed by atoms with Crippen LogP contribution in [-0.2, 0) is 10.3 Å². The Bertz CT molecular complexity index is 514. The van der Waals surface area contributed by atoms with Crippen molar-refractivity contribution in [2.75, 3.05) is 7.11 Å². The summed E-state index contributed by atoms with van der Waals surface area (Å²) in [7, 11) is 1.80. The van der Waals surface area contributed by atoms with Gasteiger partial charge in [0.15, 0.2) is 0 Å².